The molecule has 0 atom stereocenters. The summed E-state index contributed by atoms with van der Waals surface area (Å²) in [6.45, 7) is 0.721. The molecule has 3 aromatic rings. The molecule has 0 aromatic heterocycles. The molecule has 0 bridgehead atoms. The smallest absolute Gasteiger partial charge is 0.416 e. The molecule has 3 aromatic carbocycles. The van der Waals surface area contributed by atoms with Crippen molar-refractivity contribution in [2.45, 2.75) is 6.18 Å². The molecule has 0 fully saturated rings. The molecule has 3 rings (SSSR count). The SMILES string of the molecule is Nc1ccccc1OCCOCCOC(=O)c1ccccc1Nc1cccc(C(F)(F)F)c1. The van der Waals surface area contributed by atoms with Crippen molar-refractivity contribution in [3.8, 4) is 5.75 Å². The van der Waals surface area contributed by atoms with Crippen molar-refractivity contribution in [3.05, 3.63) is 83.9 Å². The zero-order chi connectivity index (χ0) is 23.7. The highest BCUT2D eigenvalue weighted by molar-refractivity contribution is 5.96. The van der Waals surface area contributed by atoms with Gasteiger partial charge in [0.05, 0.1) is 35.7 Å². The number of ether oxygens (including phenoxy) is 3. The van der Waals surface area contributed by atoms with Crippen LogP contribution in [0.15, 0.2) is 72.8 Å². The third kappa shape index (κ3) is 7.15. The summed E-state index contributed by atoms with van der Waals surface area (Å²) in [6.07, 6.45) is -4.46. The molecule has 0 aliphatic carbocycles. The van der Waals surface area contributed by atoms with Gasteiger partial charge in [-0.25, -0.2) is 4.79 Å². The molecule has 0 spiro atoms. The number of alkyl halides is 3. The van der Waals surface area contributed by atoms with Crippen LogP contribution in [0.2, 0.25) is 0 Å². The first kappa shape index (κ1) is 23.9. The van der Waals surface area contributed by atoms with Crippen LogP contribution in [0.1, 0.15) is 15.9 Å². The van der Waals surface area contributed by atoms with Crippen LogP contribution in [0.3, 0.4) is 0 Å². The molecule has 0 heterocycles. The van der Waals surface area contributed by atoms with Crippen molar-refractivity contribution >= 4 is 23.0 Å². The number of para-hydroxylation sites is 3. The lowest BCUT2D eigenvalue weighted by molar-refractivity contribution is -0.137. The molecule has 0 radical (unpaired) electrons. The van der Waals surface area contributed by atoms with Gasteiger partial charge in [0, 0.05) is 5.69 Å². The number of nitrogens with one attached hydrogen (secondary N) is 1. The van der Waals surface area contributed by atoms with Gasteiger partial charge in [0.2, 0.25) is 0 Å². The molecule has 0 saturated heterocycles. The monoisotopic (exact) mass is 460 g/mol. The van der Waals surface area contributed by atoms with Gasteiger partial charge in [-0.1, -0.05) is 30.3 Å². The van der Waals surface area contributed by atoms with E-state index in [-0.39, 0.29) is 37.7 Å². The number of rotatable bonds is 10. The van der Waals surface area contributed by atoms with Gasteiger partial charge in [-0.15, -0.1) is 0 Å². The highest BCUT2D eigenvalue weighted by atomic mass is 19.4. The first-order valence-electron chi connectivity index (χ1n) is 10.1. The van der Waals surface area contributed by atoms with Gasteiger partial charge >= 0.3 is 12.1 Å². The summed E-state index contributed by atoms with van der Waals surface area (Å²) in [4.78, 5) is 12.5. The molecule has 9 heteroatoms. The Kier molecular flexibility index (Phi) is 8.15. The van der Waals surface area contributed by atoms with Crippen LogP contribution in [0.4, 0.5) is 30.2 Å². The zero-order valence-corrected chi connectivity index (χ0v) is 17.6. The number of nitrogens with two attached hydrogens (primary N) is 1. The molecule has 33 heavy (non-hydrogen) atoms. The number of benzene rings is 3. The van der Waals surface area contributed by atoms with E-state index in [1.807, 2.05) is 6.07 Å². The van der Waals surface area contributed by atoms with Crippen molar-refractivity contribution in [3.63, 3.8) is 0 Å². The Labute approximate surface area is 189 Å². The number of esters is 1. The minimum absolute atomic E-state index is 0.00417. The van der Waals surface area contributed by atoms with Gasteiger partial charge in [0.15, 0.2) is 0 Å². The van der Waals surface area contributed by atoms with E-state index in [1.165, 1.54) is 18.2 Å². The number of carbonyl (C=O) groups is 1. The predicted molar refractivity (Wildman–Crippen MR) is 119 cm³/mol. The minimum Gasteiger partial charge on any atom is -0.489 e. The molecule has 0 aliphatic heterocycles. The highest BCUT2D eigenvalue weighted by Gasteiger charge is 2.30. The van der Waals surface area contributed by atoms with E-state index < -0.39 is 17.7 Å². The summed E-state index contributed by atoms with van der Waals surface area (Å²) in [5, 5.41) is 2.85. The maximum Gasteiger partial charge on any atom is 0.416 e. The largest absolute Gasteiger partial charge is 0.489 e. The lowest BCUT2D eigenvalue weighted by Gasteiger charge is -2.14. The van der Waals surface area contributed by atoms with Gasteiger partial charge in [0.1, 0.15) is 19.0 Å². The second-order valence-corrected chi connectivity index (χ2v) is 6.88. The van der Waals surface area contributed by atoms with Crippen LogP contribution in [-0.2, 0) is 15.7 Å². The number of hydrogen-bond acceptors (Lipinski definition) is 6. The lowest BCUT2D eigenvalue weighted by Crippen LogP contribution is -2.15. The first-order valence-corrected chi connectivity index (χ1v) is 10.1. The van der Waals surface area contributed by atoms with Gasteiger partial charge in [0.25, 0.3) is 0 Å². The van der Waals surface area contributed by atoms with Crippen molar-refractivity contribution in [1.29, 1.82) is 0 Å². The maximum atomic E-state index is 12.9. The predicted octanol–water partition coefficient (Wildman–Crippen LogP) is 5.28. The first-order chi connectivity index (χ1) is 15.8. The molecule has 0 aliphatic rings. The quantitative estimate of drug-likeness (QED) is 0.243. The topological polar surface area (TPSA) is 82.8 Å². The van der Waals surface area contributed by atoms with E-state index >= 15 is 0 Å². The van der Waals surface area contributed by atoms with Crippen LogP contribution in [0.25, 0.3) is 0 Å². The van der Waals surface area contributed by atoms with E-state index in [0.717, 1.165) is 12.1 Å². The van der Waals surface area contributed by atoms with Crippen LogP contribution < -0.4 is 15.8 Å². The summed E-state index contributed by atoms with van der Waals surface area (Å²) in [6, 6.07) is 18.2. The molecule has 0 amide bonds. The summed E-state index contributed by atoms with van der Waals surface area (Å²) >= 11 is 0. The van der Waals surface area contributed by atoms with Crippen LogP contribution in [-0.4, -0.2) is 32.4 Å². The van der Waals surface area contributed by atoms with Gasteiger partial charge in [-0.3, -0.25) is 0 Å². The number of hydrogen-bond donors (Lipinski definition) is 2. The molecular formula is C24H23F3N2O4. The average Bonchev–Trinajstić information content (AvgIpc) is 2.79. The number of halogens is 3. The normalized spacial score (nSPS) is 11.1. The summed E-state index contributed by atoms with van der Waals surface area (Å²) in [5.74, 6) is -0.0561. The Balaban J connectivity index is 1.47. The van der Waals surface area contributed by atoms with Gasteiger partial charge in [-0.2, -0.15) is 13.2 Å². The minimum atomic E-state index is -4.46. The second-order valence-electron chi connectivity index (χ2n) is 6.88. The molecule has 174 valence electrons. The Morgan fingerprint density at radius 1 is 0.879 bits per heavy atom. The molecule has 0 unspecified atom stereocenters. The summed E-state index contributed by atoms with van der Waals surface area (Å²) in [5.41, 5.74) is 6.25. The van der Waals surface area contributed by atoms with E-state index in [0.29, 0.717) is 17.1 Å². The van der Waals surface area contributed by atoms with Crippen molar-refractivity contribution in [1.82, 2.24) is 0 Å². The standard InChI is InChI=1S/C24H23F3N2O4/c25-24(26,27)17-6-5-7-18(16-17)29-21-10-3-1-8-19(21)23(30)33-15-13-31-12-14-32-22-11-4-2-9-20(22)28/h1-11,16,29H,12-15,28H2. The van der Waals surface area contributed by atoms with Gasteiger partial charge < -0.3 is 25.3 Å². The third-order valence-corrected chi connectivity index (χ3v) is 4.48. The van der Waals surface area contributed by atoms with Crippen molar-refractivity contribution in [2.75, 3.05) is 37.5 Å². The highest BCUT2D eigenvalue weighted by Crippen LogP contribution is 2.32. The average molecular weight is 460 g/mol. The maximum absolute atomic E-state index is 12.9. The third-order valence-electron chi connectivity index (χ3n) is 4.48. The molecule has 0 saturated carbocycles. The fourth-order valence-corrected chi connectivity index (χ4v) is 2.89. The van der Waals surface area contributed by atoms with Crippen molar-refractivity contribution < 1.29 is 32.2 Å². The Morgan fingerprint density at radius 3 is 2.39 bits per heavy atom. The van der Waals surface area contributed by atoms with Crippen LogP contribution >= 0.6 is 0 Å². The fourth-order valence-electron chi connectivity index (χ4n) is 2.89. The van der Waals surface area contributed by atoms with Crippen LogP contribution in [0.5, 0.6) is 5.75 Å². The lowest BCUT2D eigenvalue weighted by atomic mass is 10.1. The van der Waals surface area contributed by atoms with Gasteiger partial charge in [-0.05, 0) is 42.5 Å². The molecule has 3 N–H and O–H groups in total. The number of anilines is 3. The zero-order valence-electron chi connectivity index (χ0n) is 17.6. The van der Waals surface area contributed by atoms with E-state index in [2.05, 4.69) is 5.32 Å². The Hall–Kier alpha value is -3.72. The summed E-state index contributed by atoms with van der Waals surface area (Å²) in [7, 11) is 0. The van der Waals surface area contributed by atoms with E-state index in [4.69, 9.17) is 19.9 Å². The Morgan fingerprint density at radius 2 is 1.61 bits per heavy atom. The van der Waals surface area contributed by atoms with Crippen LogP contribution in [0, 0.1) is 0 Å². The molecular weight excluding hydrogens is 437 g/mol. The fraction of sp³-hybridized carbons (Fsp3) is 0.208. The second kappa shape index (κ2) is 11.2. The number of carbonyl (C=O) groups excluding carboxylic acids is 1. The molecule has 6 nitrogen and oxygen atoms in total. The van der Waals surface area contributed by atoms with Crippen molar-refractivity contribution in [2.24, 2.45) is 0 Å². The van der Waals surface area contributed by atoms with E-state index in [9.17, 15) is 18.0 Å². The van der Waals surface area contributed by atoms with E-state index in [1.54, 1.807) is 36.4 Å². The number of nitrogen functional groups attached to an aromatic ring is 1. The Bertz CT molecular complexity index is 1070. The summed E-state index contributed by atoms with van der Waals surface area (Å²) < 4.78 is 54.9.